The number of Topliss-reactive ketones (excluding diaryl/α,β-unsaturated/α-hetero) is 1. The Morgan fingerprint density at radius 2 is 2.05 bits per heavy atom. The summed E-state index contributed by atoms with van der Waals surface area (Å²) in [6.45, 7) is 0. The summed E-state index contributed by atoms with van der Waals surface area (Å²) in [5.41, 5.74) is 6.66. The quantitative estimate of drug-likeness (QED) is 0.901. The van der Waals surface area contributed by atoms with E-state index in [9.17, 15) is 14.9 Å². The molecular formula is C17H16N2O2. The van der Waals surface area contributed by atoms with Gasteiger partial charge >= 0.3 is 0 Å². The molecule has 2 aliphatic rings. The Hall–Kier alpha value is -2.41. The Morgan fingerprint density at radius 1 is 1.33 bits per heavy atom. The summed E-state index contributed by atoms with van der Waals surface area (Å²) < 4.78 is 0. The molecule has 2 N–H and O–H groups in total. The molecule has 4 nitrogen and oxygen atoms in total. The van der Waals surface area contributed by atoms with Crippen LogP contribution >= 0.6 is 0 Å². The van der Waals surface area contributed by atoms with Crippen LogP contribution in [0.15, 0.2) is 35.9 Å². The van der Waals surface area contributed by atoms with Gasteiger partial charge in [-0.2, -0.15) is 5.26 Å². The summed E-state index contributed by atoms with van der Waals surface area (Å²) in [6.07, 6.45) is 2.12. The number of nitriles is 1. The largest absolute Gasteiger partial charge is 0.368 e. The third-order valence-electron chi connectivity index (χ3n) is 4.68. The highest BCUT2D eigenvalue weighted by atomic mass is 16.1. The highest BCUT2D eigenvalue weighted by Gasteiger charge is 2.54. The molecule has 3 rings (SSSR count). The van der Waals surface area contributed by atoms with Gasteiger partial charge in [0.1, 0.15) is 5.41 Å². The first-order valence-corrected chi connectivity index (χ1v) is 7.13. The van der Waals surface area contributed by atoms with Crippen molar-refractivity contribution >= 4 is 17.3 Å². The standard InChI is InChI=1S/C17H16N2O2/c18-10-17(16(19)21)9-12(11-5-2-1-3-6-11)15-13(17)7-4-8-14(15)20/h1-3,5-6,13H,4,7-9H2,(H2,19,21)/t13-,17+/m1/s1. The molecule has 0 heterocycles. The molecular weight excluding hydrogens is 264 g/mol. The van der Waals surface area contributed by atoms with Crippen LogP contribution in [0.25, 0.3) is 5.57 Å². The van der Waals surface area contributed by atoms with Crippen LogP contribution in [0.5, 0.6) is 0 Å². The normalized spacial score (nSPS) is 28.1. The fraction of sp³-hybridized carbons (Fsp3) is 0.353. The molecule has 1 aromatic carbocycles. The van der Waals surface area contributed by atoms with Gasteiger partial charge in [0.05, 0.1) is 6.07 Å². The molecule has 2 atom stereocenters. The molecule has 0 bridgehead atoms. The summed E-state index contributed by atoms with van der Waals surface area (Å²) in [5, 5.41) is 9.59. The molecule has 0 aliphatic heterocycles. The smallest absolute Gasteiger partial charge is 0.238 e. The van der Waals surface area contributed by atoms with Crippen molar-refractivity contribution in [3.63, 3.8) is 0 Å². The minimum Gasteiger partial charge on any atom is -0.368 e. The van der Waals surface area contributed by atoms with Gasteiger partial charge < -0.3 is 5.73 Å². The average molecular weight is 280 g/mol. The van der Waals surface area contributed by atoms with E-state index in [2.05, 4.69) is 6.07 Å². The number of hydrogen-bond acceptors (Lipinski definition) is 3. The van der Waals surface area contributed by atoms with E-state index < -0.39 is 11.3 Å². The number of benzene rings is 1. The lowest BCUT2D eigenvalue weighted by molar-refractivity contribution is -0.126. The molecule has 1 saturated carbocycles. The van der Waals surface area contributed by atoms with Gasteiger partial charge in [-0.3, -0.25) is 9.59 Å². The molecule has 0 radical (unpaired) electrons. The highest BCUT2D eigenvalue weighted by molar-refractivity contribution is 6.08. The molecule has 106 valence electrons. The minimum atomic E-state index is -1.27. The second kappa shape index (κ2) is 4.85. The summed E-state index contributed by atoms with van der Waals surface area (Å²) in [6, 6.07) is 11.6. The Balaban J connectivity index is 2.18. The Bertz CT molecular complexity index is 684. The van der Waals surface area contributed by atoms with E-state index in [1.807, 2.05) is 30.3 Å². The fourth-order valence-electron chi connectivity index (χ4n) is 3.64. The number of fused-ring (bicyclic) bond motifs is 1. The van der Waals surface area contributed by atoms with Crippen LogP contribution in [0.3, 0.4) is 0 Å². The highest BCUT2D eigenvalue weighted by Crippen LogP contribution is 2.54. The van der Waals surface area contributed by atoms with Crippen molar-refractivity contribution in [1.29, 1.82) is 5.26 Å². The first kappa shape index (κ1) is 13.6. The second-order valence-corrected chi connectivity index (χ2v) is 5.75. The van der Waals surface area contributed by atoms with E-state index in [4.69, 9.17) is 5.73 Å². The van der Waals surface area contributed by atoms with Crippen molar-refractivity contribution in [2.24, 2.45) is 17.1 Å². The van der Waals surface area contributed by atoms with E-state index >= 15 is 0 Å². The van der Waals surface area contributed by atoms with Crippen molar-refractivity contribution in [3.8, 4) is 6.07 Å². The van der Waals surface area contributed by atoms with Crippen LogP contribution in [0, 0.1) is 22.7 Å². The lowest BCUT2D eigenvalue weighted by atomic mass is 9.70. The fourth-order valence-corrected chi connectivity index (χ4v) is 3.64. The van der Waals surface area contributed by atoms with E-state index in [-0.39, 0.29) is 18.1 Å². The lowest BCUT2D eigenvalue weighted by Gasteiger charge is -2.29. The predicted octanol–water partition coefficient (Wildman–Crippen LogP) is 2.21. The number of nitrogens with two attached hydrogens (primary N) is 1. The van der Waals surface area contributed by atoms with Crippen LogP contribution in [-0.2, 0) is 9.59 Å². The van der Waals surface area contributed by atoms with E-state index in [0.717, 1.165) is 11.1 Å². The maximum atomic E-state index is 12.4. The van der Waals surface area contributed by atoms with Gasteiger partial charge in [0.2, 0.25) is 5.91 Å². The Kier molecular flexibility index (Phi) is 3.13. The number of allylic oxidation sites excluding steroid dienone is 2. The monoisotopic (exact) mass is 280 g/mol. The van der Waals surface area contributed by atoms with Crippen molar-refractivity contribution < 1.29 is 9.59 Å². The first-order chi connectivity index (χ1) is 10.1. The zero-order chi connectivity index (χ0) is 15.0. The van der Waals surface area contributed by atoms with Crippen molar-refractivity contribution in [3.05, 3.63) is 41.5 Å². The summed E-state index contributed by atoms with van der Waals surface area (Å²) in [5.74, 6) is -0.909. The molecule has 0 spiro atoms. The Labute approximate surface area is 123 Å². The van der Waals surface area contributed by atoms with Crippen LogP contribution in [0.4, 0.5) is 0 Å². The minimum absolute atomic E-state index is 0.0588. The topological polar surface area (TPSA) is 83.9 Å². The molecule has 4 heteroatoms. The van der Waals surface area contributed by atoms with Crippen LogP contribution in [0.2, 0.25) is 0 Å². The van der Waals surface area contributed by atoms with Gasteiger partial charge in [-0.05, 0) is 24.0 Å². The zero-order valence-electron chi connectivity index (χ0n) is 11.6. The molecule has 0 aromatic heterocycles. The second-order valence-electron chi connectivity index (χ2n) is 5.75. The number of nitrogens with zero attached hydrogens (tertiary/aromatic N) is 1. The maximum Gasteiger partial charge on any atom is 0.238 e. The van der Waals surface area contributed by atoms with Gasteiger partial charge in [0.15, 0.2) is 5.78 Å². The Morgan fingerprint density at radius 3 is 2.67 bits per heavy atom. The molecule has 1 amide bonds. The molecule has 0 unspecified atom stereocenters. The van der Waals surface area contributed by atoms with E-state index in [1.54, 1.807) is 0 Å². The predicted molar refractivity (Wildman–Crippen MR) is 77.6 cm³/mol. The third-order valence-corrected chi connectivity index (χ3v) is 4.68. The number of hydrogen-bond donors (Lipinski definition) is 1. The van der Waals surface area contributed by atoms with Crippen LogP contribution in [0.1, 0.15) is 31.2 Å². The number of ketones is 1. The van der Waals surface area contributed by atoms with Gasteiger partial charge in [0, 0.05) is 24.3 Å². The van der Waals surface area contributed by atoms with Gasteiger partial charge in [0.25, 0.3) is 0 Å². The summed E-state index contributed by atoms with van der Waals surface area (Å²) in [4.78, 5) is 24.3. The van der Waals surface area contributed by atoms with Gasteiger partial charge in [-0.1, -0.05) is 30.3 Å². The van der Waals surface area contributed by atoms with Crippen molar-refractivity contribution in [2.75, 3.05) is 0 Å². The van der Waals surface area contributed by atoms with Gasteiger partial charge in [-0.15, -0.1) is 0 Å². The third kappa shape index (κ3) is 1.89. The molecule has 1 fully saturated rings. The SMILES string of the molecule is N#C[C@@]1(C(N)=O)CC(c2ccccc2)=C2C(=O)CCC[C@H]21. The van der Waals surface area contributed by atoms with Gasteiger partial charge in [-0.25, -0.2) is 0 Å². The van der Waals surface area contributed by atoms with Crippen LogP contribution < -0.4 is 5.73 Å². The van der Waals surface area contributed by atoms with E-state index in [1.165, 1.54) is 0 Å². The first-order valence-electron chi connectivity index (χ1n) is 7.13. The summed E-state index contributed by atoms with van der Waals surface area (Å²) >= 11 is 0. The number of primary amides is 1. The van der Waals surface area contributed by atoms with Crippen molar-refractivity contribution in [1.82, 2.24) is 0 Å². The molecule has 2 aliphatic carbocycles. The van der Waals surface area contributed by atoms with E-state index in [0.29, 0.717) is 24.8 Å². The number of rotatable bonds is 2. The number of carbonyl (C=O) groups excluding carboxylic acids is 2. The summed E-state index contributed by atoms with van der Waals surface area (Å²) in [7, 11) is 0. The van der Waals surface area contributed by atoms with Crippen LogP contribution in [-0.4, -0.2) is 11.7 Å². The number of amides is 1. The lowest BCUT2D eigenvalue weighted by Crippen LogP contribution is -2.41. The zero-order valence-corrected chi connectivity index (χ0v) is 11.6. The molecule has 0 saturated heterocycles. The molecule has 1 aromatic rings. The van der Waals surface area contributed by atoms with Crippen molar-refractivity contribution in [2.45, 2.75) is 25.7 Å². The molecule has 21 heavy (non-hydrogen) atoms. The average Bonchev–Trinajstić information content (AvgIpc) is 2.85. The maximum absolute atomic E-state index is 12.4. The number of carbonyl (C=O) groups is 2.